The van der Waals surface area contributed by atoms with Gasteiger partial charge in [-0.05, 0) is 13.3 Å². The van der Waals surface area contributed by atoms with Gasteiger partial charge in [0.15, 0.2) is 5.75 Å². The molecule has 0 aliphatic carbocycles. The molecule has 5 heteroatoms. The van der Waals surface area contributed by atoms with Gasteiger partial charge in [-0.1, -0.05) is 6.92 Å². The molecule has 0 aliphatic heterocycles. The molecule has 0 spiro atoms. The maximum atomic E-state index is 10.2. The van der Waals surface area contributed by atoms with E-state index in [-0.39, 0.29) is 6.10 Å². The molecule has 0 radical (unpaired) electrons. The summed E-state index contributed by atoms with van der Waals surface area (Å²) in [5, 5.41) is 14.3. The second-order valence-corrected chi connectivity index (χ2v) is 3.57. The van der Waals surface area contributed by atoms with Crippen molar-refractivity contribution in [3.05, 3.63) is 11.9 Å². The third-order valence-corrected chi connectivity index (χ3v) is 2.58. The Bertz CT molecular complexity index is 325. The van der Waals surface area contributed by atoms with Gasteiger partial charge in [-0.2, -0.15) is 5.10 Å². The van der Waals surface area contributed by atoms with Crippen LogP contribution >= 0.6 is 0 Å². The van der Waals surface area contributed by atoms with Crippen LogP contribution in [0, 0.1) is 0 Å². The molecule has 0 saturated carbocycles. The summed E-state index contributed by atoms with van der Waals surface area (Å²) in [6.07, 6.45) is 1.39. The van der Waals surface area contributed by atoms with Crippen LogP contribution in [0.3, 0.4) is 0 Å². The summed E-state index contributed by atoms with van der Waals surface area (Å²) in [6, 6.07) is 0. The molecule has 0 aromatic carbocycles. The van der Waals surface area contributed by atoms with Crippen LogP contribution < -0.4 is 4.74 Å². The molecule has 1 N–H and O–H groups in total. The Kier molecular flexibility index (Phi) is 4.76. The molecule has 2 atom stereocenters. The summed E-state index contributed by atoms with van der Waals surface area (Å²) in [5.41, 5.74) is 0.655. The summed E-state index contributed by atoms with van der Waals surface area (Å²) >= 11 is 0. The first kappa shape index (κ1) is 13.0. The quantitative estimate of drug-likeness (QED) is 0.796. The lowest BCUT2D eigenvalue weighted by atomic mass is 10.1. The molecule has 0 amide bonds. The number of hydrogen-bond acceptors (Lipinski definition) is 4. The molecule has 92 valence electrons. The van der Waals surface area contributed by atoms with Gasteiger partial charge in [0, 0.05) is 13.7 Å². The Hall–Kier alpha value is -1.07. The number of aromatic nitrogens is 2. The fraction of sp³-hybridized carbons (Fsp3) is 0.727. The van der Waals surface area contributed by atoms with Crippen molar-refractivity contribution in [2.75, 3.05) is 13.7 Å². The van der Waals surface area contributed by atoms with E-state index in [1.165, 1.54) is 0 Å². The van der Waals surface area contributed by atoms with Crippen molar-refractivity contribution < 1.29 is 14.6 Å². The van der Waals surface area contributed by atoms with Crippen LogP contribution in [-0.2, 0) is 11.8 Å². The zero-order valence-electron chi connectivity index (χ0n) is 10.3. The highest BCUT2D eigenvalue weighted by molar-refractivity contribution is 5.27. The Morgan fingerprint density at radius 3 is 2.69 bits per heavy atom. The van der Waals surface area contributed by atoms with Crippen LogP contribution in [0.4, 0.5) is 0 Å². The van der Waals surface area contributed by atoms with Crippen molar-refractivity contribution >= 4 is 0 Å². The van der Waals surface area contributed by atoms with Gasteiger partial charge in [0.2, 0.25) is 0 Å². The first-order valence-corrected chi connectivity index (χ1v) is 5.51. The topological polar surface area (TPSA) is 56.5 Å². The standard InChI is InChI=1S/C11H20N2O3/c1-5-8(16-6-2)11(14)10-9(15-4)7-12-13(10)3/h7-8,11,14H,5-6H2,1-4H3. The number of aliphatic hydroxyl groups is 1. The molecular formula is C11H20N2O3. The van der Waals surface area contributed by atoms with E-state index in [2.05, 4.69) is 5.10 Å². The summed E-state index contributed by atoms with van der Waals surface area (Å²) in [5.74, 6) is 0.591. The zero-order chi connectivity index (χ0) is 12.1. The van der Waals surface area contributed by atoms with Crippen molar-refractivity contribution in [3.8, 4) is 5.75 Å². The van der Waals surface area contributed by atoms with Crippen LogP contribution in [0.1, 0.15) is 32.1 Å². The molecule has 2 unspecified atom stereocenters. The minimum absolute atomic E-state index is 0.228. The lowest BCUT2D eigenvalue weighted by Crippen LogP contribution is -2.24. The average molecular weight is 228 g/mol. The molecule has 0 bridgehead atoms. The van der Waals surface area contributed by atoms with Gasteiger partial charge in [-0.3, -0.25) is 4.68 Å². The van der Waals surface area contributed by atoms with Crippen LogP contribution in [0.2, 0.25) is 0 Å². The van der Waals surface area contributed by atoms with E-state index >= 15 is 0 Å². The monoisotopic (exact) mass is 228 g/mol. The van der Waals surface area contributed by atoms with E-state index < -0.39 is 6.10 Å². The molecule has 0 saturated heterocycles. The first-order chi connectivity index (χ1) is 7.65. The predicted octanol–water partition coefficient (Wildman–Crippen LogP) is 1.28. The lowest BCUT2D eigenvalue weighted by molar-refractivity contribution is -0.0396. The van der Waals surface area contributed by atoms with Gasteiger partial charge in [0.25, 0.3) is 0 Å². The molecule has 1 aromatic rings. The molecule has 16 heavy (non-hydrogen) atoms. The van der Waals surface area contributed by atoms with Crippen LogP contribution in [-0.4, -0.2) is 34.7 Å². The fourth-order valence-corrected chi connectivity index (χ4v) is 1.74. The van der Waals surface area contributed by atoms with Crippen molar-refractivity contribution in [1.82, 2.24) is 9.78 Å². The van der Waals surface area contributed by atoms with Gasteiger partial charge in [0.1, 0.15) is 11.8 Å². The Labute approximate surface area is 96.0 Å². The van der Waals surface area contributed by atoms with E-state index in [1.807, 2.05) is 13.8 Å². The molecule has 1 aromatic heterocycles. The third-order valence-electron chi connectivity index (χ3n) is 2.58. The molecular weight excluding hydrogens is 208 g/mol. The predicted molar refractivity (Wildman–Crippen MR) is 60.4 cm³/mol. The number of ether oxygens (including phenoxy) is 2. The second kappa shape index (κ2) is 5.86. The van der Waals surface area contributed by atoms with Crippen LogP contribution in [0.15, 0.2) is 6.20 Å². The normalized spacial score (nSPS) is 14.8. The van der Waals surface area contributed by atoms with Crippen molar-refractivity contribution in [2.45, 2.75) is 32.5 Å². The smallest absolute Gasteiger partial charge is 0.162 e. The minimum atomic E-state index is -0.715. The number of methoxy groups -OCH3 is 1. The Morgan fingerprint density at radius 2 is 2.19 bits per heavy atom. The molecule has 0 fully saturated rings. The lowest BCUT2D eigenvalue weighted by Gasteiger charge is -2.22. The second-order valence-electron chi connectivity index (χ2n) is 3.57. The van der Waals surface area contributed by atoms with Gasteiger partial charge >= 0.3 is 0 Å². The van der Waals surface area contributed by atoms with Crippen molar-refractivity contribution in [2.24, 2.45) is 7.05 Å². The summed E-state index contributed by atoms with van der Waals surface area (Å²) in [4.78, 5) is 0. The largest absolute Gasteiger partial charge is 0.493 e. The highest BCUT2D eigenvalue weighted by atomic mass is 16.5. The highest BCUT2D eigenvalue weighted by Gasteiger charge is 2.26. The first-order valence-electron chi connectivity index (χ1n) is 5.51. The van der Waals surface area contributed by atoms with Crippen molar-refractivity contribution in [3.63, 3.8) is 0 Å². The average Bonchev–Trinajstić information content (AvgIpc) is 2.66. The number of aryl methyl sites for hydroxylation is 1. The van der Waals surface area contributed by atoms with Gasteiger partial charge in [0.05, 0.1) is 19.4 Å². The third kappa shape index (κ3) is 2.54. The number of nitrogens with zero attached hydrogens (tertiary/aromatic N) is 2. The number of rotatable bonds is 6. The Balaban J connectivity index is 2.92. The number of aliphatic hydroxyl groups excluding tert-OH is 1. The summed E-state index contributed by atoms with van der Waals surface area (Å²) < 4.78 is 12.3. The zero-order valence-corrected chi connectivity index (χ0v) is 10.3. The molecule has 1 rings (SSSR count). The van der Waals surface area contributed by atoms with E-state index in [4.69, 9.17) is 9.47 Å². The molecule has 5 nitrogen and oxygen atoms in total. The van der Waals surface area contributed by atoms with E-state index in [0.717, 1.165) is 6.42 Å². The maximum Gasteiger partial charge on any atom is 0.162 e. The van der Waals surface area contributed by atoms with E-state index in [9.17, 15) is 5.11 Å². The van der Waals surface area contributed by atoms with Crippen LogP contribution in [0.25, 0.3) is 0 Å². The van der Waals surface area contributed by atoms with E-state index in [1.54, 1.807) is 25.0 Å². The van der Waals surface area contributed by atoms with Crippen LogP contribution in [0.5, 0.6) is 5.75 Å². The van der Waals surface area contributed by atoms with Gasteiger partial charge < -0.3 is 14.6 Å². The Morgan fingerprint density at radius 1 is 1.50 bits per heavy atom. The molecule has 0 aliphatic rings. The summed E-state index contributed by atoms with van der Waals surface area (Å²) in [7, 11) is 3.34. The molecule has 1 heterocycles. The SMILES string of the molecule is CCOC(CC)C(O)c1c(OC)cnn1C. The summed E-state index contributed by atoms with van der Waals surface area (Å²) in [6.45, 7) is 4.47. The highest BCUT2D eigenvalue weighted by Crippen LogP contribution is 2.28. The number of hydrogen-bond donors (Lipinski definition) is 1. The minimum Gasteiger partial charge on any atom is -0.493 e. The maximum absolute atomic E-state index is 10.2. The fourth-order valence-electron chi connectivity index (χ4n) is 1.74. The van der Waals surface area contributed by atoms with Gasteiger partial charge in [-0.15, -0.1) is 0 Å². The van der Waals surface area contributed by atoms with Gasteiger partial charge in [-0.25, -0.2) is 0 Å². The van der Waals surface area contributed by atoms with Crippen molar-refractivity contribution in [1.29, 1.82) is 0 Å². The van der Waals surface area contributed by atoms with E-state index in [0.29, 0.717) is 18.1 Å².